The molecule has 4 N–H and O–H groups in total. The van der Waals surface area contributed by atoms with Gasteiger partial charge < -0.3 is 11.1 Å². The number of nitrogens with zero attached hydrogens (tertiary/aromatic N) is 3. The van der Waals surface area contributed by atoms with Crippen molar-refractivity contribution in [3.8, 4) is 5.69 Å². The number of nitrogens with two attached hydrogens (primary N) is 1. The zero-order chi connectivity index (χ0) is 16.5. The second-order valence-electron chi connectivity index (χ2n) is 5.24. The van der Waals surface area contributed by atoms with Crippen molar-refractivity contribution in [3.05, 3.63) is 65.4 Å². The summed E-state index contributed by atoms with van der Waals surface area (Å²) in [5.74, 6) is 1.10. The van der Waals surface area contributed by atoms with Gasteiger partial charge >= 0.3 is 0 Å². The smallest absolute Gasteiger partial charge is 0.207 e. The molecule has 0 fully saturated rings. The number of nitrogens with one attached hydrogen (secondary N) is 2. The van der Waals surface area contributed by atoms with E-state index in [2.05, 4.69) is 20.5 Å². The second kappa shape index (κ2) is 5.78. The maximum atomic E-state index is 6.41. The molecule has 0 radical (unpaired) electrons. The van der Waals surface area contributed by atoms with Crippen LogP contribution in [0.1, 0.15) is 0 Å². The maximum Gasteiger partial charge on any atom is 0.207 e. The molecule has 0 bridgehead atoms. The molecule has 118 valence electrons. The molecule has 0 saturated carbocycles. The number of para-hydroxylation sites is 2. The van der Waals surface area contributed by atoms with E-state index in [0.717, 1.165) is 11.4 Å². The summed E-state index contributed by atoms with van der Waals surface area (Å²) in [7, 11) is 0. The fourth-order valence-corrected chi connectivity index (χ4v) is 2.89. The van der Waals surface area contributed by atoms with Crippen molar-refractivity contribution in [3.63, 3.8) is 0 Å². The molecule has 0 amide bonds. The summed E-state index contributed by atoms with van der Waals surface area (Å²) < 4.78 is 2.12. The summed E-state index contributed by atoms with van der Waals surface area (Å²) >= 11 is 5.39. The van der Waals surface area contributed by atoms with Crippen molar-refractivity contribution in [2.24, 2.45) is 0 Å². The highest BCUT2D eigenvalue weighted by molar-refractivity contribution is 7.71. The first-order chi connectivity index (χ1) is 11.7. The predicted molar refractivity (Wildman–Crippen MR) is 98.2 cm³/mol. The van der Waals surface area contributed by atoms with Crippen molar-refractivity contribution < 1.29 is 0 Å². The number of rotatable bonds is 3. The number of aromatic nitrogens is 4. The van der Waals surface area contributed by atoms with E-state index in [0.29, 0.717) is 27.4 Å². The lowest BCUT2D eigenvalue weighted by atomic mass is 10.3. The minimum absolute atomic E-state index is 0.376. The van der Waals surface area contributed by atoms with Crippen LogP contribution in [0.3, 0.4) is 0 Å². The van der Waals surface area contributed by atoms with Crippen LogP contribution < -0.4 is 11.1 Å². The van der Waals surface area contributed by atoms with Crippen molar-refractivity contribution in [1.29, 1.82) is 0 Å². The van der Waals surface area contributed by atoms with Crippen molar-refractivity contribution in [1.82, 2.24) is 19.7 Å². The van der Waals surface area contributed by atoms with Crippen LogP contribution in [0.25, 0.3) is 16.7 Å². The lowest BCUT2D eigenvalue weighted by Crippen LogP contribution is -2.07. The van der Waals surface area contributed by atoms with Gasteiger partial charge in [-0.25, -0.2) is 0 Å². The number of H-pyrrole nitrogens is 1. The number of fused-ring (bicyclic) bond motifs is 1. The van der Waals surface area contributed by atoms with Gasteiger partial charge in [0.25, 0.3) is 0 Å². The Hall–Kier alpha value is -3.19. The summed E-state index contributed by atoms with van der Waals surface area (Å²) in [6, 6.07) is 19.4. The van der Waals surface area contributed by atoms with Crippen LogP contribution in [0, 0.1) is 4.77 Å². The minimum Gasteiger partial charge on any atom is -0.384 e. The molecule has 2 aromatic carbocycles. The van der Waals surface area contributed by atoms with Gasteiger partial charge in [0, 0.05) is 11.4 Å². The Kier molecular flexibility index (Phi) is 3.47. The van der Waals surface area contributed by atoms with Crippen LogP contribution in [0.15, 0.2) is 60.7 Å². The molecule has 24 heavy (non-hydrogen) atoms. The number of anilines is 3. The molecule has 6 nitrogen and oxygen atoms in total. The fraction of sp³-hybridized carbons (Fsp3) is 0. The van der Waals surface area contributed by atoms with Gasteiger partial charge in [0.15, 0.2) is 11.5 Å². The normalized spacial score (nSPS) is 10.8. The summed E-state index contributed by atoms with van der Waals surface area (Å²) in [4.78, 5) is 4.41. The van der Waals surface area contributed by atoms with E-state index >= 15 is 0 Å². The first-order valence-electron chi connectivity index (χ1n) is 7.38. The monoisotopic (exact) mass is 334 g/mol. The van der Waals surface area contributed by atoms with Crippen LogP contribution in [0.4, 0.5) is 17.3 Å². The van der Waals surface area contributed by atoms with E-state index in [9.17, 15) is 0 Å². The summed E-state index contributed by atoms with van der Waals surface area (Å²) in [5.41, 5.74) is 8.74. The summed E-state index contributed by atoms with van der Waals surface area (Å²) in [5, 5.41) is 11.1. The van der Waals surface area contributed by atoms with Crippen LogP contribution in [0.5, 0.6) is 0 Å². The highest BCUT2D eigenvalue weighted by Crippen LogP contribution is 2.29. The Morgan fingerprint density at radius 1 is 1.00 bits per heavy atom. The third-order valence-electron chi connectivity index (χ3n) is 3.69. The van der Waals surface area contributed by atoms with Crippen LogP contribution in [0.2, 0.25) is 0 Å². The van der Waals surface area contributed by atoms with Crippen molar-refractivity contribution >= 4 is 40.6 Å². The van der Waals surface area contributed by atoms with Crippen molar-refractivity contribution in [2.45, 2.75) is 0 Å². The van der Waals surface area contributed by atoms with E-state index in [-0.39, 0.29) is 0 Å². The quantitative estimate of drug-likeness (QED) is 0.496. The SMILES string of the molecule is Nc1c2c(Nc3ccccc3)n[nH]c2nc(=S)n1-c1ccccc1. The zero-order valence-electron chi connectivity index (χ0n) is 12.6. The number of benzene rings is 2. The molecule has 0 aliphatic rings. The molecule has 0 spiro atoms. The Balaban J connectivity index is 1.91. The van der Waals surface area contributed by atoms with Gasteiger partial charge in [-0.15, -0.1) is 0 Å². The lowest BCUT2D eigenvalue weighted by Gasteiger charge is -2.12. The Labute approximate surface area is 143 Å². The Morgan fingerprint density at radius 3 is 2.38 bits per heavy atom. The Bertz CT molecular complexity index is 1050. The fourth-order valence-electron chi connectivity index (χ4n) is 2.59. The van der Waals surface area contributed by atoms with Gasteiger partial charge in [-0.3, -0.25) is 9.67 Å². The number of hydrogen-bond donors (Lipinski definition) is 3. The summed E-state index contributed by atoms with van der Waals surface area (Å²) in [6.45, 7) is 0. The molecule has 2 heterocycles. The van der Waals surface area contributed by atoms with Gasteiger partial charge in [0.05, 0.1) is 0 Å². The van der Waals surface area contributed by atoms with E-state index in [1.54, 1.807) is 4.57 Å². The van der Waals surface area contributed by atoms with E-state index in [1.807, 2.05) is 60.7 Å². The standard InChI is InChI=1S/C17H14N6S/c18-14-13-15(19-11-7-3-1-4-8-11)21-22-16(13)20-17(24)23(14)12-9-5-2-6-10-12/h1-10H,18H2,(H,19,21)(H,20,22,24). The molecule has 2 aromatic heterocycles. The lowest BCUT2D eigenvalue weighted by molar-refractivity contribution is 0.984. The second-order valence-corrected chi connectivity index (χ2v) is 5.60. The highest BCUT2D eigenvalue weighted by Gasteiger charge is 2.15. The largest absolute Gasteiger partial charge is 0.384 e. The first-order valence-corrected chi connectivity index (χ1v) is 7.79. The van der Waals surface area contributed by atoms with Gasteiger partial charge in [0.2, 0.25) is 4.77 Å². The third-order valence-corrected chi connectivity index (χ3v) is 3.97. The first kappa shape index (κ1) is 14.4. The van der Waals surface area contributed by atoms with Gasteiger partial charge in [-0.05, 0) is 36.5 Å². The molecule has 4 aromatic rings. The molecule has 0 aliphatic carbocycles. The summed E-state index contributed by atoms with van der Waals surface area (Å²) in [6.07, 6.45) is 0. The number of hydrogen-bond acceptors (Lipinski definition) is 5. The molecular formula is C17H14N6S. The molecule has 0 aliphatic heterocycles. The van der Waals surface area contributed by atoms with Gasteiger partial charge in [-0.1, -0.05) is 36.4 Å². The Morgan fingerprint density at radius 2 is 1.67 bits per heavy atom. The molecule has 0 unspecified atom stereocenters. The number of nitrogen functional groups attached to an aromatic ring is 1. The van der Waals surface area contributed by atoms with Gasteiger partial charge in [-0.2, -0.15) is 10.1 Å². The molecule has 4 rings (SSSR count). The van der Waals surface area contributed by atoms with E-state index < -0.39 is 0 Å². The zero-order valence-corrected chi connectivity index (χ0v) is 13.4. The third kappa shape index (κ3) is 2.40. The molecule has 0 saturated heterocycles. The van der Waals surface area contributed by atoms with Crippen LogP contribution >= 0.6 is 12.2 Å². The van der Waals surface area contributed by atoms with Crippen molar-refractivity contribution in [2.75, 3.05) is 11.1 Å². The highest BCUT2D eigenvalue weighted by atomic mass is 32.1. The van der Waals surface area contributed by atoms with E-state index in [4.69, 9.17) is 18.0 Å². The number of aromatic amines is 1. The van der Waals surface area contributed by atoms with Crippen LogP contribution in [-0.4, -0.2) is 19.7 Å². The average Bonchev–Trinajstić information content (AvgIpc) is 2.99. The molecule has 0 atom stereocenters. The maximum absolute atomic E-state index is 6.41. The van der Waals surface area contributed by atoms with E-state index in [1.165, 1.54) is 0 Å². The molecule has 7 heteroatoms. The van der Waals surface area contributed by atoms with Crippen LogP contribution in [-0.2, 0) is 0 Å². The topological polar surface area (TPSA) is 84.5 Å². The minimum atomic E-state index is 0.376. The predicted octanol–water partition coefficient (Wildman–Crippen LogP) is 3.80. The van der Waals surface area contributed by atoms with Gasteiger partial charge in [0.1, 0.15) is 11.2 Å². The molecular weight excluding hydrogens is 320 g/mol. The average molecular weight is 334 g/mol.